The van der Waals surface area contributed by atoms with E-state index in [2.05, 4.69) is 12.2 Å². The Labute approximate surface area is 185 Å². The number of rotatable bonds is 10. The molecule has 0 radical (unpaired) electrons. The van der Waals surface area contributed by atoms with Crippen molar-refractivity contribution in [2.45, 2.75) is 90.0 Å². The SMILES string of the molecule is CCCCCNC(=O)C1N([C@@H](CO)C(C)C)C(=O)[C@@H]2[C@H](C(=O)OCC)[C@]3(C)CCC12O3. The van der Waals surface area contributed by atoms with Crippen molar-refractivity contribution in [3.8, 4) is 0 Å². The van der Waals surface area contributed by atoms with Crippen LogP contribution in [0.15, 0.2) is 0 Å². The lowest BCUT2D eigenvalue weighted by Crippen LogP contribution is -2.59. The fourth-order valence-electron chi connectivity index (χ4n) is 5.91. The van der Waals surface area contributed by atoms with Gasteiger partial charge in [-0.1, -0.05) is 33.6 Å². The number of fused-ring (bicyclic) bond motifs is 1. The van der Waals surface area contributed by atoms with E-state index in [1.165, 1.54) is 4.90 Å². The number of ether oxygens (including phenoxy) is 2. The molecule has 3 rings (SSSR count). The fourth-order valence-corrected chi connectivity index (χ4v) is 5.91. The van der Waals surface area contributed by atoms with Gasteiger partial charge in [0.25, 0.3) is 0 Å². The molecule has 6 atom stereocenters. The second kappa shape index (κ2) is 9.06. The molecule has 176 valence electrons. The van der Waals surface area contributed by atoms with Crippen molar-refractivity contribution in [1.82, 2.24) is 10.2 Å². The highest BCUT2D eigenvalue weighted by Crippen LogP contribution is 2.63. The Morgan fingerprint density at radius 2 is 2.00 bits per heavy atom. The van der Waals surface area contributed by atoms with Gasteiger partial charge in [-0.2, -0.15) is 0 Å². The van der Waals surface area contributed by atoms with E-state index in [-0.39, 0.29) is 30.9 Å². The zero-order chi connectivity index (χ0) is 23.0. The van der Waals surface area contributed by atoms with Crippen LogP contribution < -0.4 is 5.32 Å². The summed E-state index contributed by atoms with van der Waals surface area (Å²) >= 11 is 0. The molecule has 3 aliphatic heterocycles. The third-order valence-corrected chi connectivity index (χ3v) is 7.40. The van der Waals surface area contributed by atoms with Crippen LogP contribution in [0.1, 0.15) is 66.7 Å². The number of unbranched alkanes of at least 4 members (excludes halogenated alkanes) is 2. The predicted molar refractivity (Wildman–Crippen MR) is 114 cm³/mol. The molecule has 2 N–H and O–H groups in total. The van der Waals surface area contributed by atoms with Gasteiger partial charge in [-0.05, 0) is 39.0 Å². The minimum Gasteiger partial charge on any atom is -0.466 e. The fraction of sp³-hybridized carbons (Fsp3) is 0.870. The van der Waals surface area contributed by atoms with Gasteiger partial charge in [0.15, 0.2) is 0 Å². The summed E-state index contributed by atoms with van der Waals surface area (Å²) in [6, 6.07) is -1.40. The molecule has 0 aromatic heterocycles. The zero-order valence-electron chi connectivity index (χ0n) is 19.5. The monoisotopic (exact) mass is 438 g/mol. The third-order valence-electron chi connectivity index (χ3n) is 7.40. The van der Waals surface area contributed by atoms with Crippen LogP contribution in [0.5, 0.6) is 0 Å². The summed E-state index contributed by atoms with van der Waals surface area (Å²) < 4.78 is 11.8. The lowest BCUT2D eigenvalue weighted by Gasteiger charge is -2.38. The smallest absolute Gasteiger partial charge is 0.312 e. The van der Waals surface area contributed by atoms with Crippen molar-refractivity contribution in [2.75, 3.05) is 19.8 Å². The van der Waals surface area contributed by atoms with Gasteiger partial charge in [0.2, 0.25) is 11.8 Å². The summed E-state index contributed by atoms with van der Waals surface area (Å²) in [5, 5.41) is 13.1. The Bertz CT molecular complexity index is 712. The van der Waals surface area contributed by atoms with Gasteiger partial charge in [0, 0.05) is 6.54 Å². The van der Waals surface area contributed by atoms with Crippen LogP contribution in [0, 0.1) is 17.8 Å². The van der Waals surface area contributed by atoms with Gasteiger partial charge in [0.1, 0.15) is 17.6 Å². The van der Waals surface area contributed by atoms with Crippen LogP contribution in [0.4, 0.5) is 0 Å². The van der Waals surface area contributed by atoms with Crippen LogP contribution in [0.2, 0.25) is 0 Å². The van der Waals surface area contributed by atoms with Crippen LogP contribution in [0.3, 0.4) is 0 Å². The Balaban J connectivity index is 2.01. The molecule has 3 saturated heterocycles. The largest absolute Gasteiger partial charge is 0.466 e. The Morgan fingerprint density at radius 1 is 1.29 bits per heavy atom. The molecule has 0 aromatic carbocycles. The van der Waals surface area contributed by atoms with E-state index in [0.29, 0.717) is 19.4 Å². The van der Waals surface area contributed by atoms with Gasteiger partial charge in [-0.3, -0.25) is 14.4 Å². The maximum absolute atomic E-state index is 13.8. The minimum absolute atomic E-state index is 0.0617. The van der Waals surface area contributed by atoms with Crippen molar-refractivity contribution >= 4 is 17.8 Å². The molecule has 0 saturated carbocycles. The molecule has 2 bridgehead atoms. The van der Waals surface area contributed by atoms with Crippen molar-refractivity contribution < 1.29 is 29.0 Å². The molecule has 3 fully saturated rings. The van der Waals surface area contributed by atoms with Crippen LogP contribution in [-0.4, -0.2) is 70.8 Å². The molecule has 8 nitrogen and oxygen atoms in total. The molecule has 1 spiro atoms. The van der Waals surface area contributed by atoms with Crippen LogP contribution in [0.25, 0.3) is 0 Å². The highest BCUT2D eigenvalue weighted by molar-refractivity contribution is 5.98. The van der Waals surface area contributed by atoms with E-state index < -0.39 is 41.1 Å². The number of carbonyl (C=O) groups is 3. The average molecular weight is 439 g/mol. The normalized spacial score (nSPS) is 34.9. The second-order valence-corrected chi connectivity index (χ2v) is 9.72. The molecular weight excluding hydrogens is 400 g/mol. The predicted octanol–water partition coefficient (Wildman–Crippen LogP) is 1.64. The highest BCUT2D eigenvalue weighted by Gasteiger charge is 2.78. The Hall–Kier alpha value is -1.67. The number of esters is 1. The van der Waals surface area contributed by atoms with Gasteiger partial charge >= 0.3 is 5.97 Å². The number of aliphatic hydroxyl groups excluding tert-OH is 1. The molecule has 3 aliphatic rings. The zero-order valence-corrected chi connectivity index (χ0v) is 19.5. The maximum Gasteiger partial charge on any atom is 0.312 e. The molecule has 0 aromatic rings. The van der Waals surface area contributed by atoms with Gasteiger partial charge in [0.05, 0.1) is 30.8 Å². The van der Waals surface area contributed by atoms with Crippen LogP contribution >= 0.6 is 0 Å². The van der Waals surface area contributed by atoms with Crippen LogP contribution in [-0.2, 0) is 23.9 Å². The summed E-state index contributed by atoms with van der Waals surface area (Å²) in [4.78, 5) is 41.7. The lowest BCUT2D eigenvalue weighted by molar-refractivity contribution is -0.160. The number of aliphatic hydroxyl groups is 1. The van der Waals surface area contributed by atoms with Gasteiger partial charge in [-0.25, -0.2) is 0 Å². The van der Waals surface area contributed by atoms with Crippen molar-refractivity contribution in [3.05, 3.63) is 0 Å². The van der Waals surface area contributed by atoms with E-state index in [1.807, 2.05) is 20.8 Å². The van der Waals surface area contributed by atoms with E-state index >= 15 is 0 Å². The average Bonchev–Trinajstić information content (AvgIpc) is 3.27. The van der Waals surface area contributed by atoms with Gasteiger partial charge < -0.3 is 24.8 Å². The van der Waals surface area contributed by atoms with Crippen molar-refractivity contribution in [1.29, 1.82) is 0 Å². The quantitative estimate of drug-likeness (QED) is 0.397. The first-order valence-corrected chi connectivity index (χ1v) is 11.8. The summed E-state index contributed by atoms with van der Waals surface area (Å²) in [5.74, 6) is -2.58. The molecular formula is C23H38N2O6. The maximum atomic E-state index is 13.8. The topological polar surface area (TPSA) is 105 Å². The standard InChI is InChI=1S/C23H38N2O6/c1-6-8-9-12-24-19(27)18-23-11-10-22(5,31-23)17(21(29)30-7-2)16(23)20(28)25(18)15(13-26)14(3)4/h14-18,26H,6-13H2,1-5H3,(H,24,27)/t15-,16-,17+,18?,22-,23?/m0/s1. The second-order valence-electron chi connectivity index (χ2n) is 9.72. The third kappa shape index (κ3) is 3.75. The number of amides is 2. The number of carbonyl (C=O) groups excluding carboxylic acids is 3. The molecule has 2 amide bonds. The lowest BCUT2D eigenvalue weighted by atomic mass is 9.66. The number of hydrogen-bond donors (Lipinski definition) is 2. The van der Waals surface area contributed by atoms with Crippen molar-refractivity contribution in [2.24, 2.45) is 17.8 Å². The van der Waals surface area contributed by atoms with Crippen molar-refractivity contribution in [3.63, 3.8) is 0 Å². The molecule has 2 unspecified atom stereocenters. The Kier molecular flexibility index (Phi) is 7.01. The van der Waals surface area contributed by atoms with E-state index in [4.69, 9.17) is 9.47 Å². The molecule has 0 aliphatic carbocycles. The number of nitrogens with zero attached hydrogens (tertiary/aromatic N) is 1. The first-order valence-electron chi connectivity index (χ1n) is 11.8. The Morgan fingerprint density at radius 3 is 2.58 bits per heavy atom. The highest BCUT2D eigenvalue weighted by atomic mass is 16.6. The van der Waals surface area contributed by atoms with Gasteiger partial charge in [-0.15, -0.1) is 0 Å². The van der Waals surface area contributed by atoms with E-state index in [1.54, 1.807) is 6.92 Å². The first-order chi connectivity index (χ1) is 14.7. The molecule has 31 heavy (non-hydrogen) atoms. The summed E-state index contributed by atoms with van der Waals surface area (Å²) in [5.41, 5.74) is -1.90. The molecule has 3 heterocycles. The summed E-state index contributed by atoms with van der Waals surface area (Å²) in [6.45, 7) is 10.00. The minimum atomic E-state index is -1.07. The van der Waals surface area contributed by atoms with E-state index in [9.17, 15) is 19.5 Å². The number of nitrogens with one attached hydrogen (secondary N) is 1. The summed E-state index contributed by atoms with van der Waals surface area (Å²) in [7, 11) is 0. The number of likely N-dealkylation sites (tertiary alicyclic amines) is 1. The van der Waals surface area contributed by atoms with E-state index in [0.717, 1.165) is 19.3 Å². The summed E-state index contributed by atoms with van der Waals surface area (Å²) in [6.07, 6.45) is 4.01. The first kappa shape index (κ1) is 24.0. The molecule has 8 heteroatoms. The number of hydrogen-bond acceptors (Lipinski definition) is 6.